The number of hydrogen-bond acceptors (Lipinski definition) is 9. The van der Waals surface area contributed by atoms with Crippen LogP contribution in [0, 0.1) is 17.1 Å². The fourth-order valence-electron chi connectivity index (χ4n) is 3.92. The van der Waals surface area contributed by atoms with Crippen LogP contribution in [0.2, 0.25) is 0 Å². The summed E-state index contributed by atoms with van der Waals surface area (Å²) in [7, 11) is 2.09. The molecular formula is C23H22FN7OS. The fourth-order valence-corrected chi connectivity index (χ4v) is 4.54. The maximum atomic E-state index is 14.6. The van der Waals surface area contributed by atoms with Gasteiger partial charge in [0.15, 0.2) is 5.13 Å². The average Bonchev–Trinajstić information content (AvgIpc) is 3.40. The summed E-state index contributed by atoms with van der Waals surface area (Å²) in [6, 6.07) is 7.22. The van der Waals surface area contributed by atoms with Gasteiger partial charge in [-0.2, -0.15) is 15.2 Å². The summed E-state index contributed by atoms with van der Waals surface area (Å²) in [5, 5.41) is 12.8. The fraction of sp³-hybridized carbons (Fsp3) is 0.304. The summed E-state index contributed by atoms with van der Waals surface area (Å²) in [4.78, 5) is 18.2. The zero-order valence-corrected chi connectivity index (χ0v) is 19.1. The van der Waals surface area contributed by atoms with Gasteiger partial charge in [-0.3, -0.25) is 0 Å². The van der Waals surface area contributed by atoms with Crippen molar-refractivity contribution >= 4 is 34.2 Å². The van der Waals surface area contributed by atoms with E-state index in [-0.39, 0.29) is 11.8 Å². The molecule has 0 radical (unpaired) electrons. The molecule has 1 fully saturated rings. The molecule has 1 saturated heterocycles. The molecular weight excluding hydrogens is 441 g/mol. The molecule has 1 aliphatic carbocycles. The highest BCUT2D eigenvalue weighted by molar-refractivity contribution is 7.16. The topological polar surface area (TPSA) is 90.2 Å². The van der Waals surface area contributed by atoms with Gasteiger partial charge in [-0.25, -0.2) is 9.37 Å². The number of benzene rings is 1. The van der Waals surface area contributed by atoms with Crippen molar-refractivity contribution in [3.8, 4) is 17.8 Å². The van der Waals surface area contributed by atoms with Crippen LogP contribution in [0.15, 0.2) is 30.0 Å². The van der Waals surface area contributed by atoms with Crippen LogP contribution in [0.3, 0.4) is 0 Å². The van der Waals surface area contributed by atoms with Crippen LogP contribution in [0.25, 0.3) is 6.08 Å². The number of piperazine rings is 1. The lowest BCUT2D eigenvalue weighted by Gasteiger charge is -2.33. The van der Waals surface area contributed by atoms with E-state index in [1.807, 2.05) is 25.1 Å². The van der Waals surface area contributed by atoms with Crippen molar-refractivity contribution in [1.29, 1.82) is 5.26 Å². The lowest BCUT2D eigenvalue weighted by atomic mass is 10.1. The Kier molecular flexibility index (Phi) is 5.66. The molecule has 8 nitrogen and oxygen atoms in total. The lowest BCUT2D eigenvalue weighted by Crippen LogP contribution is -2.44. The number of nitrogens with one attached hydrogen (secondary N) is 1. The van der Waals surface area contributed by atoms with Gasteiger partial charge in [-0.05, 0) is 37.6 Å². The van der Waals surface area contributed by atoms with Crippen molar-refractivity contribution in [1.82, 2.24) is 19.9 Å². The first kappa shape index (κ1) is 21.3. The Labute approximate surface area is 195 Å². The maximum Gasteiger partial charge on any atom is 0.325 e. The number of halogens is 1. The molecule has 1 aromatic carbocycles. The number of rotatable bonds is 5. The summed E-state index contributed by atoms with van der Waals surface area (Å²) < 4.78 is 20.6. The molecule has 168 valence electrons. The van der Waals surface area contributed by atoms with E-state index in [1.165, 1.54) is 23.6 Å². The summed E-state index contributed by atoms with van der Waals surface area (Å²) in [6.45, 7) is 5.46. The molecule has 0 amide bonds. The lowest BCUT2D eigenvalue weighted by molar-refractivity contribution is 0.311. The number of aromatic nitrogens is 3. The molecule has 2 aromatic heterocycles. The van der Waals surface area contributed by atoms with Crippen LogP contribution in [-0.2, 0) is 6.42 Å². The molecule has 5 rings (SSSR count). The molecule has 2 aliphatic rings. The largest absolute Gasteiger partial charge is 0.424 e. The zero-order chi connectivity index (χ0) is 22.9. The average molecular weight is 464 g/mol. The highest BCUT2D eigenvalue weighted by Crippen LogP contribution is 2.33. The molecule has 3 heterocycles. The Morgan fingerprint density at radius 3 is 2.76 bits per heavy atom. The standard InChI is InChI=1S/C23H22FN7OS/c1-14-7-15-9-16(10-19(24)18(15)8-14)32-22-27-20(28-23-26-13-17(12-25)33-23)11-21(29-22)31-5-3-30(2)4-6-31/h7,9-11,13H,3-6,8H2,1-2H3,(H,26,27,28,29). The molecule has 3 aromatic rings. The number of allylic oxidation sites excluding steroid dienone is 1. The van der Waals surface area contributed by atoms with Gasteiger partial charge in [0.2, 0.25) is 0 Å². The third-order valence-electron chi connectivity index (χ3n) is 5.64. The summed E-state index contributed by atoms with van der Waals surface area (Å²) in [5.41, 5.74) is 2.62. The molecule has 33 heavy (non-hydrogen) atoms. The first-order valence-corrected chi connectivity index (χ1v) is 11.4. The minimum atomic E-state index is -0.295. The monoisotopic (exact) mass is 463 g/mol. The van der Waals surface area contributed by atoms with Crippen LogP contribution in [0.5, 0.6) is 11.8 Å². The van der Waals surface area contributed by atoms with Crippen LogP contribution < -0.4 is 15.0 Å². The van der Waals surface area contributed by atoms with E-state index < -0.39 is 0 Å². The zero-order valence-electron chi connectivity index (χ0n) is 18.3. The van der Waals surface area contributed by atoms with Crippen molar-refractivity contribution in [2.24, 2.45) is 0 Å². The van der Waals surface area contributed by atoms with Crippen molar-refractivity contribution in [3.05, 3.63) is 51.8 Å². The second-order valence-electron chi connectivity index (χ2n) is 8.19. The predicted octanol–water partition coefficient (Wildman–Crippen LogP) is 4.19. The van der Waals surface area contributed by atoms with Gasteiger partial charge in [0.25, 0.3) is 0 Å². The van der Waals surface area contributed by atoms with E-state index >= 15 is 0 Å². The van der Waals surface area contributed by atoms with Gasteiger partial charge in [-0.1, -0.05) is 23.0 Å². The Bertz CT molecular complexity index is 1270. The molecule has 0 spiro atoms. The van der Waals surface area contributed by atoms with Crippen molar-refractivity contribution < 1.29 is 9.13 Å². The third-order valence-corrected chi connectivity index (χ3v) is 6.46. The van der Waals surface area contributed by atoms with Crippen molar-refractivity contribution in [2.45, 2.75) is 13.3 Å². The van der Waals surface area contributed by atoms with Crippen LogP contribution in [-0.4, -0.2) is 53.1 Å². The van der Waals surface area contributed by atoms with Gasteiger partial charge in [0.05, 0.1) is 6.20 Å². The summed E-state index contributed by atoms with van der Waals surface area (Å²) in [6.07, 6.45) is 4.09. The number of hydrogen-bond donors (Lipinski definition) is 1. The van der Waals surface area contributed by atoms with Gasteiger partial charge in [0, 0.05) is 38.3 Å². The van der Waals surface area contributed by atoms with E-state index in [4.69, 9.17) is 10.00 Å². The number of ether oxygens (including phenoxy) is 1. The quantitative estimate of drug-likeness (QED) is 0.602. The Morgan fingerprint density at radius 2 is 2.00 bits per heavy atom. The number of thiazole rings is 1. The first-order chi connectivity index (χ1) is 16.0. The van der Waals surface area contributed by atoms with Crippen LogP contribution in [0.1, 0.15) is 22.9 Å². The molecule has 0 bridgehead atoms. The van der Waals surface area contributed by atoms with E-state index in [2.05, 4.69) is 43.2 Å². The second-order valence-corrected chi connectivity index (χ2v) is 9.22. The van der Waals surface area contributed by atoms with Gasteiger partial charge in [-0.15, -0.1) is 0 Å². The number of anilines is 3. The second kappa shape index (κ2) is 8.77. The van der Waals surface area contributed by atoms with Crippen LogP contribution in [0.4, 0.5) is 21.2 Å². The molecule has 1 aliphatic heterocycles. The number of fused-ring (bicyclic) bond motifs is 1. The first-order valence-electron chi connectivity index (χ1n) is 10.6. The number of nitrogens with zero attached hydrogens (tertiary/aromatic N) is 6. The van der Waals surface area contributed by atoms with E-state index in [1.54, 1.807) is 0 Å². The molecule has 1 N–H and O–H groups in total. The molecule has 10 heteroatoms. The molecule has 0 saturated carbocycles. The summed E-state index contributed by atoms with van der Waals surface area (Å²) in [5.74, 6) is 1.26. The number of nitriles is 1. The minimum Gasteiger partial charge on any atom is -0.424 e. The van der Waals surface area contributed by atoms with Crippen molar-refractivity contribution in [2.75, 3.05) is 43.4 Å². The van der Waals surface area contributed by atoms with E-state index in [9.17, 15) is 4.39 Å². The normalized spacial score (nSPS) is 15.7. The van der Waals surface area contributed by atoms with Crippen LogP contribution >= 0.6 is 11.3 Å². The Balaban J connectivity index is 1.47. The SMILES string of the molecule is CC1=Cc2cc(Oc3nc(Nc4ncc(C#N)s4)cc(N4CCN(C)CC4)n3)cc(F)c2C1. The smallest absolute Gasteiger partial charge is 0.325 e. The molecule has 0 atom stereocenters. The summed E-state index contributed by atoms with van der Waals surface area (Å²) >= 11 is 1.23. The third kappa shape index (κ3) is 4.65. The Morgan fingerprint density at radius 1 is 1.18 bits per heavy atom. The van der Waals surface area contributed by atoms with Gasteiger partial charge >= 0.3 is 6.01 Å². The highest BCUT2D eigenvalue weighted by atomic mass is 32.1. The minimum absolute atomic E-state index is 0.115. The van der Waals surface area contributed by atoms with Crippen molar-refractivity contribution in [3.63, 3.8) is 0 Å². The predicted molar refractivity (Wildman–Crippen MR) is 126 cm³/mol. The van der Waals surface area contributed by atoms with Gasteiger partial charge in [0.1, 0.15) is 34.1 Å². The highest BCUT2D eigenvalue weighted by Gasteiger charge is 2.20. The Hall–Kier alpha value is -3.55. The number of likely N-dealkylation sites (N-methyl/N-ethyl adjacent to an activating group) is 1. The van der Waals surface area contributed by atoms with E-state index in [0.29, 0.717) is 39.4 Å². The van der Waals surface area contributed by atoms with E-state index in [0.717, 1.165) is 37.3 Å². The maximum absolute atomic E-state index is 14.6. The van der Waals surface area contributed by atoms with Gasteiger partial charge < -0.3 is 19.9 Å². The molecule has 0 unspecified atom stereocenters.